The number of carbonyl (C=O) groups excluding carboxylic acids is 1. The number of hydrogen-bond acceptors (Lipinski definition) is 4. The van der Waals surface area contributed by atoms with E-state index in [4.69, 9.17) is 10.5 Å². The molecule has 0 aliphatic heterocycles. The number of amides is 1. The second kappa shape index (κ2) is 8.87. The van der Waals surface area contributed by atoms with E-state index in [9.17, 15) is 4.79 Å². The Morgan fingerprint density at radius 1 is 1.19 bits per heavy atom. The van der Waals surface area contributed by atoms with Crippen molar-refractivity contribution >= 4 is 5.91 Å². The Labute approximate surface area is 157 Å². The van der Waals surface area contributed by atoms with Crippen molar-refractivity contribution in [1.29, 1.82) is 0 Å². The van der Waals surface area contributed by atoms with E-state index >= 15 is 0 Å². The Morgan fingerprint density at radius 3 is 2.50 bits per heavy atom. The molecule has 2 aliphatic rings. The molecule has 5 heteroatoms. The monoisotopic (exact) mass is 359 g/mol. The van der Waals surface area contributed by atoms with E-state index in [1.165, 1.54) is 6.42 Å². The maximum absolute atomic E-state index is 12.5. The number of benzene rings is 1. The molecule has 0 spiro atoms. The first-order valence-corrected chi connectivity index (χ1v) is 10.1. The molecule has 1 amide bonds. The summed E-state index contributed by atoms with van der Waals surface area (Å²) in [5.74, 6) is 2.07. The Kier molecular flexibility index (Phi) is 6.54. The van der Waals surface area contributed by atoms with Crippen LogP contribution in [0.1, 0.15) is 38.7 Å². The number of nitrogens with zero attached hydrogens (tertiary/aromatic N) is 1. The maximum atomic E-state index is 12.5. The van der Waals surface area contributed by atoms with Crippen molar-refractivity contribution in [3.05, 3.63) is 29.8 Å². The van der Waals surface area contributed by atoms with Gasteiger partial charge in [0.25, 0.3) is 0 Å². The van der Waals surface area contributed by atoms with Gasteiger partial charge >= 0.3 is 0 Å². The number of hydrogen-bond donors (Lipinski definition) is 2. The zero-order valence-corrected chi connectivity index (χ0v) is 16.1. The van der Waals surface area contributed by atoms with Crippen LogP contribution in [0.2, 0.25) is 0 Å². The highest BCUT2D eigenvalue weighted by atomic mass is 16.5. The van der Waals surface area contributed by atoms with Gasteiger partial charge in [-0.25, -0.2) is 0 Å². The predicted octanol–water partition coefficient (Wildman–Crippen LogP) is 2.40. The third kappa shape index (κ3) is 4.38. The van der Waals surface area contributed by atoms with E-state index < -0.39 is 0 Å². The molecule has 4 atom stereocenters. The Balaban J connectivity index is 1.42. The van der Waals surface area contributed by atoms with Crippen LogP contribution in [0.15, 0.2) is 24.3 Å². The van der Waals surface area contributed by atoms with Crippen molar-refractivity contribution in [2.24, 2.45) is 23.5 Å². The lowest BCUT2D eigenvalue weighted by atomic mass is 9.84. The number of rotatable bonds is 9. The molecule has 5 nitrogen and oxygen atoms in total. The van der Waals surface area contributed by atoms with Crippen LogP contribution < -0.4 is 15.8 Å². The minimum absolute atomic E-state index is 0.0106. The first-order valence-electron chi connectivity index (χ1n) is 10.1. The normalized spacial score (nSPS) is 27.1. The highest BCUT2D eigenvalue weighted by Gasteiger charge is 2.48. The Hall–Kier alpha value is -1.59. The molecule has 3 rings (SSSR count). The van der Waals surface area contributed by atoms with Gasteiger partial charge in [0.05, 0.1) is 5.92 Å². The minimum Gasteiger partial charge on any atom is -0.492 e. The molecule has 1 aromatic rings. The molecule has 0 saturated heterocycles. The summed E-state index contributed by atoms with van der Waals surface area (Å²) in [6.45, 7) is 8.61. The molecular weight excluding hydrogens is 326 g/mol. The van der Waals surface area contributed by atoms with Gasteiger partial charge in [-0.05, 0) is 61.9 Å². The van der Waals surface area contributed by atoms with Gasteiger partial charge in [0, 0.05) is 19.1 Å². The molecule has 26 heavy (non-hydrogen) atoms. The number of carbonyl (C=O) groups is 1. The van der Waals surface area contributed by atoms with Gasteiger partial charge in [0.1, 0.15) is 12.4 Å². The smallest absolute Gasteiger partial charge is 0.225 e. The average molecular weight is 360 g/mol. The molecule has 2 saturated carbocycles. The quantitative estimate of drug-likeness (QED) is 0.710. The summed E-state index contributed by atoms with van der Waals surface area (Å²) in [5, 5.41) is 3.08. The van der Waals surface area contributed by atoms with Crippen LogP contribution in [0.3, 0.4) is 0 Å². The number of ether oxygens (including phenoxy) is 1. The molecule has 0 aromatic heterocycles. The van der Waals surface area contributed by atoms with Gasteiger partial charge < -0.3 is 20.7 Å². The van der Waals surface area contributed by atoms with Crippen LogP contribution in [-0.2, 0) is 11.3 Å². The van der Waals surface area contributed by atoms with Crippen LogP contribution in [-0.4, -0.2) is 43.1 Å². The molecular formula is C21H33N3O2. The van der Waals surface area contributed by atoms with E-state index in [1.54, 1.807) is 0 Å². The first kappa shape index (κ1) is 19.2. The molecule has 4 unspecified atom stereocenters. The zero-order chi connectivity index (χ0) is 18.5. The standard InChI is InChI=1S/C21H33N3O2/c1-3-24(4-2)11-12-26-18-9-5-15(6-10-18)14-23-21(25)19-16-7-8-17(13-16)20(19)22/h5-6,9-10,16-17,19-20H,3-4,7-8,11-14,22H2,1-2H3,(H,23,25). The van der Waals surface area contributed by atoms with Gasteiger partial charge in [-0.1, -0.05) is 26.0 Å². The van der Waals surface area contributed by atoms with Crippen LogP contribution in [0.5, 0.6) is 5.75 Å². The van der Waals surface area contributed by atoms with Crippen molar-refractivity contribution in [2.75, 3.05) is 26.2 Å². The second-order valence-corrected chi connectivity index (χ2v) is 7.67. The van der Waals surface area contributed by atoms with Crippen LogP contribution >= 0.6 is 0 Å². The van der Waals surface area contributed by atoms with Crippen LogP contribution in [0, 0.1) is 17.8 Å². The van der Waals surface area contributed by atoms with Crippen molar-refractivity contribution < 1.29 is 9.53 Å². The topological polar surface area (TPSA) is 67.6 Å². The molecule has 2 aliphatic carbocycles. The second-order valence-electron chi connectivity index (χ2n) is 7.67. The molecule has 1 aromatic carbocycles. The number of fused-ring (bicyclic) bond motifs is 2. The molecule has 0 radical (unpaired) electrons. The average Bonchev–Trinajstić information content (AvgIpc) is 3.25. The van der Waals surface area contributed by atoms with E-state index in [1.807, 2.05) is 24.3 Å². The van der Waals surface area contributed by atoms with Crippen molar-refractivity contribution in [1.82, 2.24) is 10.2 Å². The summed E-state index contributed by atoms with van der Waals surface area (Å²) in [5.41, 5.74) is 7.35. The fourth-order valence-corrected chi connectivity index (χ4v) is 4.57. The lowest BCUT2D eigenvalue weighted by molar-refractivity contribution is -0.127. The van der Waals surface area contributed by atoms with Gasteiger partial charge in [0.15, 0.2) is 0 Å². The first-order chi connectivity index (χ1) is 12.6. The van der Waals surface area contributed by atoms with Crippen molar-refractivity contribution in [3.63, 3.8) is 0 Å². The lowest BCUT2D eigenvalue weighted by Gasteiger charge is -2.27. The summed E-state index contributed by atoms with van der Waals surface area (Å²) in [6.07, 6.45) is 3.50. The third-order valence-corrected chi connectivity index (χ3v) is 6.24. The summed E-state index contributed by atoms with van der Waals surface area (Å²) in [4.78, 5) is 14.9. The molecule has 2 bridgehead atoms. The van der Waals surface area contributed by atoms with E-state index in [2.05, 4.69) is 24.1 Å². The summed E-state index contributed by atoms with van der Waals surface area (Å²) < 4.78 is 5.80. The van der Waals surface area contributed by atoms with Gasteiger partial charge in [0.2, 0.25) is 5.91 Å². The van der Waals surface area contributed by atoms with Gasteiger partial charge in [-0.3, -0.25) is 4.79 Å². The summed E-state index contributed by atoms with van der Waals surface area (Å²) in [7, 11) is 0. The SMILES string of the molecule is CCN(CC)CCOc1ccc(CNC(=O)C2C3CCC(C3)C2N)cc1. The van der Waals surface area contributed by atoms with E-state index in [0.717, 1.165) is 43.8 Å². The van der Waals surface area contributed by atoms with Crippen LogP contribution in [0.4, 0.5) is 0 Å². The van der Waals surface area contributed by atoms with E-state index in [-0.39, 0.29) is 17.9 Å². The highest BCUT2D eigenvalue weighted by molar-refractivity contribution is 5.80. The van der Waals surface area contributed by atoms with Gasteiger partial charge in [-0.2, -0.15) is 0 Å². The molecule has 0 heterocycles. The number of likely N-dealkylation sites (N-methyl/N-ethyl adjacent to an activating group) is 1. The molecule has 3 N–H and O–H groups in total. The number of nitrogens with one attached hydrogen (secondary N) is 1. The highest BCUT2D eigenvalue weighted by Crippen LogP contribution is 2.47. The lowest BCUT2D eigenvalue weighted by Crippen LogP contribution is -2.45. The Bertz CT molecular complexity index is 583. The largest absolute Gasteiger partial charge is 0.492 e. The molecule has 2 fully saturated rings. The third-order valence-electron chi connectivity index (χ3n) is 6.24. The van der Waals surface area contributed by atoms with Crippen LogP contribution in [0.25, 0.3) is 0 Å². The Morgan fingerprint density at radius 2 is 1.88 bits per heavy atom. The number of nitrogens with two attached hydrogens (primary N) is 1. The maximum Gasteiger partial charge on any atom is 0.225 e. The fourth-order valence-electron chi connectivity index (χ4n) is 4.57. The summed E-state index contributed by atoms with van der Waals surface area (Å²) >= 11 is 0. The molecule has 144 valence electrons. The predicted molar refractivity (Wildman–Crippen MR) is 104 cm³/mol. The van der Waals surface area contributed by atoms with Gasteiger partial charge in [-0.15, -0.1) is 0 Å². The van der Waals surface area contributed by atoms with E-state index in [0.29, 0.717) is 25.0 Å². The fraction of sp³-hybridized carbons (Fsp3) is 0.667. The van der Waals surface area contributed by atoms with Crippen molar-refractivity contribution in [3.8, 4) is 5.75 Å². The minimum atomic E-state index is 0.0106. The zero-order valence-electron chi connectivity index (χ0n) is 16.1. The summed E-state index contributed by atoms with van der Waals surface area (Å²) in [6, 6.07) is 8.05. The van der Waals surface area contributed by atoms with Crippen molar-refractivity contribution in [2.45, 2.75) is 45.7 Å².